The van der Waals surface area contributed by atoms with Gasteiger partial charge in [-0.1, -0.05) is 36.5 Å². The Labute approximate surface area is 161 Å². The van der Waals surface area contributed by atoms with Gasteiger partial charge in [0.15, 0.2) is 4.80 Å². The van der Waals surface area contributed by atoms with Gasteiger partial charge in [0.1, 0.15) is 5.75 Å². The van der Waals surface area contributed by atoms with E-state index >= 15 is 0 Å². The molecule has 0 unspecified atom stereocenters. The van der Waals surface area contributed by atoms with E-state index in [1.807, 2.05) is 12.1 Å². The van der Waals surface area contributed by atoms with E-state index in [0.717, 1.165) is 33.7 Å². The molecule has 0 saturated heterocycles. The van der Waals surface area contributed by atoms with Crippen LogP contribution in [0.1, 0.15) is 22.8 Å². The molecule has 2 aromatic carbocycles. The van der Waals surface area contributed by atoms with Crippen LogP contribution in [0.5, 0.6) is 5.75 Å². The van der Waals surface area contributed by atoms with Crippen LogP contribution in [0.3, 0.4) is 0 Å². The summed E-state index contributed by atoms with van der Waals surface area (Å²) in [6, 6.07) is 13.7. The van der Waals surface area contributed by atoms with Gasteiger partial charge in [0.25, 0.3) is 5.91 Å². The number of nitrogens with zero attached hydrogens (tertiary/aromatic N) is 2. The van der Waals surface area contributed by atoms with Gasteiger partial charge in [0.2, 0.25) is 0 Å². The fraction of sp³-hybridized carbons (Fsp3) is 0.300. The Morgan fingerprint density at radius 1 is 1.27 bits per heavy atom. The highest BCUT2D eigenvalue weighted by Gasteiger charge is 2.13. The molecule has 0 aliphatic carbocycles. The molecule has 0 aliphatic heterocycles. The highest BCUT2D eigenvalue weighted by molar-refractivity contribution is 7.98. The van der Waals surface area contributed by atoms with Crippen molar-refractivity contribution < 1.29 is 9.53 Å². The smallest absolute Gasteiger partial charge is 0.283 e. The Morgan fingerprint density at radius 2 is 2.08 bits per heavy atom. The highest BCUT2D eigenvalue weighted by atomic mass is 32.2. The van der Waals surface area contributed by atoms with Crippen molar-refractivity contribution in [3.8, 4) is 5.75 Å². The first-order valence-corrected chi connectivity index (χ1v) is 10.7. The zero-order chi connectivity index (χ0) is 18.5. The first-order chi connectivity index (χ1) is 12.7. The Balaban J connectivity index is 2.12. The lowest BCUT2D eigenvalue weighted by Crippen LogP contribution is -2.18. The summed E-state index contributed by atoms with van der Waals surface area (Å²) in [5.74, 6) is 1.24. The van der Waals surface area contributed by atoms with Crippen LogP contribution in [0.4, 0.5) is 0 Å². The van der Waals surface area contributed by atoms with Gasteiger partial charge >= 0.3 is 0 Å². The Morgan fingerprint density at radius 3 is 2.81 bits per heavy atom. The summed E-state index contributed by atoms with van der Waals surface area (Å²) >= 11 is 3.35. The van der Waals surface area contributed by atoms with Crippen molar-refractivity contribution in [2.24, 2.45) is 4.99 Å². The number of carbonyl (C=O) groups is 1. The number of carbonyl (C=O) groups excluding carboxylic acids is 1. The SMILES string of the molecule is CCc1ccc2c(c1)sc(=NC(=O)c1ccccc1OC)n2CCSC. The zero-order valence-corrected chi connectivity index (χ0v) is 16.8. The van der Waals surface area contributed by atoms with Crippen LogP contribution in [-0.4, -0.2) is 29.6 Å². The van der Waals surface area contributed by atoms with E-state index in [2.05, 4.69) is 40.9 Å². The van der Waals surface area contributed by atoms with Crippen LogP contribution in [0, 0.1) is 0 Å². The number of amides is 1. The molecule has 0 N–H and O–H groups in total. The molecule has 26 heavy (non-hydrogen) atoms. The predicted octanol–water partition coefficient (Wildman–Crippen LogP) is 4.38. The maximum atomic E-state index is 12.8. The Bertz CT molecular complexity index is 989. The molecule has 0 radical (unpaired) electrons. The van der Waals surface area contributed by atoms with Crippen LogP contribution in [0.25, 0.3) is 10.2 Å². The number of rotatable bonds is 6. The Hall–Kier alpha value is -2.05. The lowest BCUT2D eigenvalue weighted by atomic mass is 10.2. The van der Waals surface area contributed by atoms with Crippen LogP contribution < -0.4 is 9.54 Å². The fourth-order valence-corrected chi connectivity index (χ4v) is 4.27. The third kappa shape index (κ3) is 3.86. The summed E-state index contributed by atoms with van der Waals surface area (Å²) in [6.45, 7) is 2.97. The summed E-state index contributed by atoms with van der Waals surface area (Å²) in [5, 5.41) is 0. The van der Waals surface area contributed by atoms with Crippen molar-refractivity contribution in [3.63, 3.8) is 0 Å². The predicted molar refractivity (Wildman–Crippen MR) is 110 cm³/mol. The van der Waals surface area contributed by atoms with Gasteiger partial charge in [-0.2, -0.15) is 16.8 Å². The molecule has 0 spiro atoms. The molecule has 0 bridgehead atoms. The number of fused-ring (bicyclic) bond motifs is 1. The number of benzene rings is 2. The van der Waals surface area contributed by atoms with Crippen molar-refractivity contribution in [1.29, 1.82) is 0 Å². The number of aromatic nitrogens is 1. The molecule has 1 aromatic heterocycles. The molecule has 0 fully saturated rings. The standard InChI is InChI=1S/C20H22N2O2S2/c1-4-14-9-10-16-18(13-14)26-20(22(16)11-12-25-3)21-19(23)15-7-5-6-8-17(15)24-2/h5-10,13H,4,11-12H2,1-3H3. The summed E-state index contributed by atoms with van der Waals surface area (Å²) < 4.78 is 8.61. The first kappa shape index (κ1) is 18.7. The number of para-hydroxylation sites is 1. The van der Waals surface area contributed by atoms with Crippen molar-refractivity contribution in [2.45, 2.75) is 19.9 Å². The molecule has 0 aliphatic rings. The number of hydrogen-bond donors (Lipinski definition) is 0. The van der Waals surface area contributed by atoms with Crippen LogP contribution in [0.15, 0.2) is 47.5 Å². The number of thioether (sulfide) groups is 1. The quantitative estimate of drug-likeness (QED) is 0.631. The van der Waals surface area contributed by atoms with E-state index in [1.165, 1.54) is 5.56 Å². The van der Waals surface area contributed by atoms with Crippen molar-refractivity contribution in [1.82, 2.24) is 4.57 Å². The summed E-state index contributed by atoms with van der Waals surface area (Å²) in [6.07, 6.45) is 3.08. The molecule has 136 valence electrons. The lowest BCUT2D eigenvalue weighted by Gasteiger charge is -2.05. The van der Waals surface area contributed by atoms with Crippen molar-refractivity contribution >= 4 is 39.2 Å². The second kappa shape index (κ2) is 8.56. The van der Waals surface area contributed by atoms with Crippen LogP contribution in [-0.2, 0) is 13.0 Å². The average Bonchev–Trinajstić information content (AvgIpc) is 3.02. The number of aryl methyl sites for hydroxylation is 2. The largest absolute Gasteiger partial charge is 0.496 e. The van der Waals surface area contributed by atoms with E-state index < -0.39 is 0 Å². The summed E-state index contributed by atoms with van der Waals surface area (Å²) in [5.41, 5.74) is 2.91. The van der Waals surface area contributed by atoms with E-state index in [1.54, 1.807) is 42.3 Å². The molecule has 3 aromatic rings. The highest BCUT2D eigenvalue weighted by Crippen LogP contribution is 2.21. The van der Waals surface area contributed by atoms with E-state index in [4.69, 9.17) is 4.74 Å². The van der Waals surface area contributed by atoms with Gasteiger partial charge in [-0.15, -0.1) is 0 Å². The van der Waals surface area contributed by atoms with E-state index in [-0.39, 0.29) is 5.91 Å². The van der Waals surface area contributed by atoms with E-state index in [9.17, 15) is 4.79 Å². The maximum Gasteiger partial charge on any atom is 0.283 e. The molecule has 3 rings (SSSR count). The number of methoxy groups -OCH3 is 1. The monoisotopic (exact) mass is 386 g/mol. The van der Waals surface area contributed by atoms with E-state index in [0.29, 0.717) is 11.3 Å². The molecule has 4 nitrogen and oxygen atoms in total. The molecule has 1 heterocycles. The number of hydrogen-bond acceptors (Lipinski definition) is 4. The topological polar surface area (TPSA) is 43.6 Å². The molecule has 0 atom stereocenters. The molecule has 6 heteroatoms. The van der Waals surface area contributed by atoms with Crippen LogP contribution in [0.2, 0.25) is 0 Å². The van der Waals surface area contributed by atoms with Gasteiger partial charge in [-0.25, -0.2) is 0 Å². The van der Waals surface area contributed by atoms with Crippen LogP contribution >= 0.6 is 23.1 Å². The first-order valence-electron chi connectivity index (χ1n) is 8.51. The second-order valence-electron chi connectivity index (χ2n) is 5.80. The fourth-order valence-electron chi connectivity index (χ4n) is 2.79. The molecule has 0 saturated carbocycles. The van der Waals surface area contributed by atoms with Gasteiger partial charge < -0.3 is 9.30 Å². The maximum absolute atomic E-state index is 12.8. The third-order valence-corrected chi connectivity index (χ3v) is 5.84. The van der Waals surface area contributed by atoms with Gasteiger partial charge in [-0.05, 0) is 42.5 Å². The number of ether oxygens (including phenoxy) is 1. The zero-order valence-electron chi connectivity index (χ0n) is 15.2. The molecular formula is C20H22N2O2S2. The number of thiazole rings is 1. The van der Waals surface area contributed by atoms with Gasteiger partial charge in [0, 0.05) is 12.3 Å². The second-order valence-corrected chi connectivity index (χ2v) is 7.80. The van der Waals surface area contributed by atoms with Crippen molar-refractivity contribution in [3.05, 3.63) is 58.4 Å². The minimum Gasteiger partial charge on any atom is -0.496 e. The Kier molecular flexibility index (Phi) is 6.16. The minimum atomic E-state index is -0.275. The summed E-state index contributed by atoms with van der Waals surface area (Å²) in [4.78, 5) is 17.9. The van der Waals surface area contributed by atoms with Gasteiger partial charge in [-0.3, -0.25) is 4.79 Å². The molecule has 1 amide bonds. The van der Waals surface area contributed by atoms with Gasteiger partial charge in [0.05, 0.1) is 22.9 Å². The van der Waals surface area contributed by atoms with Crippen molar-refractivity contribution in [2.75, 3.05) is 19.1 Å². The third-order valence-electron chi connectivity index (χ3n) is 4.21. The average molecular weight is 387 g/mol. The lowest BCUT2D eigenvalue weighted by molar-refractivity contribution is 0.0995. The molecular weight excluding hydrogens is 364 g/mol. The summed E-state index contributed by atoms with van der Waals surface area (Å²) in [7, 11) is 1.57. The normalized spacial score (nSPS) is 11.9. The minimum absolute atomic E-state index is 0.275.